The van der Waals surface area contributed by atoms with Crippen LogP contribution in [0.1, 0.15) is 24.2 Å². The number of hydrogen-bond acceptors (Lipinski definition) is 3. The number of hydrogen-bond donors (Lipinski definition) is 1. The molecule has 0 amide bonds. The second-order valence-corrected chi connectivity index (χ2v) is 6.03. The van der Waals surface area contributed by atoms with Gasteiger partial charge in [-0.2, -0.15) is 5.26 Å². The molecule has 1 saturated heterocycles. The molecule has 24 heavy (non-hydrogen) atoms. The average molecular weight is 314 g/mol. The van der Waals surface area contributed by atoms with Gasteiger partial charge in [0.15, 0.2) is 0 Å². The lowest BCUT2D eigenvalue weighted by atomic mass is 10.1. The van der Waals surface area contributed by atoms with E-state index in [1.807, 2.05) is 36.4 Å². The summed E-state index contributed by atoms with van der Waals surface area (Å²) < 4.78 is 0. The number of allylic oxidation sites excluding steroid dienone is 1. The van der Waals surface area contributed by atoms with Gasteiger partial charge in [0.05, 0.1) is 16.6 Å². The number of H-pyrrole nitrogens is 1. The van der Waals surface area contributed by atoms with Crippen molar-refractivity contribution < 1.29 is 0 Å². The summed E-state index contributed by atoms with van der Waals surface area (Å²) in [4.78, 5) is 10.2. The highest BCUT2D eigenvalue weighted by molar-refractivity contribution is 5.92. The maximum absolute atomic E-state index is 9.63. The molecule has 1 aliphatic rings. The number of anilines is 1. The van der Waals surface area contributed by atoms with Crippen molar-refractivity contribution in [1.29, 1.82) is 5.26 Å². The van der Waals surface area contributed by atoms with Crippen LogP contribution in [0.4, 0.5) is 5.69 Å². The van der Waals surface area contributed by atoms with Crippen molar-refractivity contribution >= 4 is 28.4 Å². The Morgan fingerprint density at radius 2 is 1.83 bits per heavy atom. The summed E-state index contributed by atoms with van der Waals surface area (Å²) in [6.45, 7) is 2.16. The van der Waals surface area contributed by atoms with Crippen LogP contribution < -0.4 is 4.90 Å². The van der Waals surface area contributed by atoms with Crippen molar-refractivity contribution in [2.45, 2.75) is 12.8 Å². The smallest absolute Gasteiger partial charge is 0.149 e. The second kappa shape index (κ2) is 6.21. The predicted molar refractivity (Wildman–Crippen MR) is 97.5 cm³/mol. The first-order valence-electron chi connectivity index (χ1n) is 8.26. The van der Waals surface area contributed by atoms with Crippen LogP contribution in [-0.2, 0) is 0 Å². The fourth-order valence-corrected chi connectivity index (χ4v) is 3.25. The summed E-state index contributed by atoms with van der Waals surface area (Å²) in [6.07, 6.45) is 4.39. The summed E-state index contributed by atoms with van der Waals surface area (Å²) in [5.74, 6) is 0.620. The van der Waals surface area contributed by atoms with Crippen LogP contribution >= 0.6 is 0 Å². The van der Waals surface area contributed by atoms with E-state index in [1.165, 1.54) is 18.5 Å². The first kappa shape index (κ1) is 14.5. The minimum absolute atomic E-state index is 0.554. The van der Waals surface area contributed by atoms with E-state index in [-0.39, 0.29) is 0 Å². The van der Waals surface area contributed by atoms with Gasteiger partial charge in [0.1, 0.15) is 11.9 Å². The van der Waals surface area contributed by atoms with Gasteiger partial charge in [0, 0.05) is 18.8 Å². The van der Waals surface area contributed by atoms with Gasteiger partial charge in [-0.05, 0) is 42.7 Å². The zero-order chi connectivity index (χ0) is 16.4. The van der Waals surface area contributed by atoms with Gasteiger partial charge < -0.3 is 9.88 Å². The van der Waals surface area contributed by atoms with E-state index >= 15 is 0 Å². The molecule has 4 heteroatoms. The van der Waals surface area contributed by atoms with E-state index < -0.39 is 0 Å². The molecule has 1 fully saturated rings. The number of imidazole rings is 1. The highest BCUT2D eigenvalue weighted by Crippen LogP contribution is 2.28. The number of aromatic nitrogens is 2. The maximum Gasteiger partial charge on any atom is 0.149 e. The summed E-state index contributed by atoms with van der Waals surface area (Å²) in [5.41, 5.74) is 4.64. The molecule has 4 nitrogen and oxygen atoms in total. The Kier molecular flexibility index (Phi) is 3.76. The normalized spacial score (nSPS) is 15.0. The fraction of sp³-hybridized carbons (Fsp3) is 0.200. The number of para-hydroxylation sites is 3. The highest BCUT2D eigenvalue weighted by Gasteiger charge is 2.15. The van der Waals surface area contributed by atoms with Crippen LogP contribution in [0, 0.1) is 11.3 Å². The Balaban J connectivity index is 1.77. The third-order valence-corrected chi connectivity index (χ3v) is 4.45. The lowest BCUT2D eigenvalue weighted by molar-refractivity contribution is 0.949. The van der Waals surface area contributed by atoms with Gasteiger partial charge in [-0.3, -0.25) is 0 Å². The van der Waals surface area contributed by atoms with Crippen molar-refractivity contribution in [2.75, 3.05) is 18.0 Å². The molecule has 0 radical (unpaired) electrons. The van der Waals surface area contributed by atoms with Crippen LogP contribution in [-0.4, -0.2) is 23.1 Å². The SMILES string of the molecule is N#C/C(=C\c1ccccc1N1CCCC1)c1nc2ccccc2[nH]1. The van der Waals surface area contributed by atoms with E-state index in [0.29, 0.717) is 11.4 Å². The predicted octanol–water partition coefficient (Wildman–Crippen LogP) is 4.23. The van der Waals surface area contributed by atoms with E-state index in [0.717, 1.165) is 29.7 Å². The first-order chi connectivity index (χ1) is 11.8. The molecule has 0 saturated carbocycles. The van der Waals surface area contributed by atoms with Crippen LogP contribution in [0.5, 0.6) is 0 Å². The number of benzene rings is 2. The number of nitrogens with one attached hydrogen (secondary N) is 1. The lowest BCUT2D eigenvalue weighted by Gasteiger charge is -2.20. The summed E-state index contributed by atoms with van der Waals surface area (Å²) >= 11 is 0. The van der Waals surface area contributed by atoms with E-state index in [1.54, 1.807) is 0 Å². The molecule has 1 aliphatic heterocycles. The first-order valence-corrected chi connectivity index (χ1v) is 8.26. The molecular formula is C20H18N4. The number of aromatic amines is 1. The molecule has 0 aliphatic carbocycles. The summed E-state index contributed by atoms with van der Waals surface area (Å²) in [6, 6.07) is 18.4. The summed E-state index contributed by atoms with van der Waals surface area (Å²) in [5, 5.41) is 9.63. The molecule has 1 aromatic heterocycles. The Hall–Kier alpha value is -3.06. The Morgan fingerprint density at radius 1 is 1.08 bits per heavy atom. The quantitative estimate of drug-likeness (QED) is 0.736. The second-order valence-electron chi connectivity index (χ2n) is 6.03. The van der Waals surface area contributed by atoms with Crippen molar-refractivity contribution in [3.05, 3.63) is 59.9 Å². The third kappa shape index (κ3) is 2.65. The minimum Gasteiger partial charge on any atom is -0.371 e. The highest BCUT2D eigenvalue weighted by atomic mass is 15.1. The van der Waals surface area contributed by atoms with Crippen LogP contribution in [0.25, 0.3) is 22.7 Å². The number of fused-ring (bicyclic) bond motifs is 1. The van der Waals surface area contributed by atoms with E-state index in [9.17, 15) is 5.26 Å². The summed E-state index contributed by atoms with van der Waals surface area (Å²) in [7, 11) is 0. The molecule has 0 bridgehead atoms. The largest absolute Gasteiger partial charge is 0.371 e. The molecule has 1 N–H and O–H groups in total. The zero-order valence-electron chi connectivity index (χ0n) is 13.4. The Labute approximate surface area is 141 Å². The van der Waals surface area contributed by atoms with Crippen molar-refractivity contribution in [1.82, 2.24) is 9.97 Å². The monoisotopic (exact) mass is 314 g/mol. The Morgan fingerprint density at radius 3 is 2.62 bits per heavy atom. The molecular weight excluding hydrogens is 296 g/mol. The molecule has 2 heterocycles. The van der Waals surface area contributed by atoms with Crippen molar-refractivity contribution in [2.24, 2.45) is 0 Å². The van der Waals surface area contributed by atoms with Gasteiger partial charge >= 0.3 is 0 Å². The topological polar surface area (TPSA) is 55.7 Å². The number of rotatable bonds is 3. The van der Waals surface area contributed by atoms with Crippen molar-refractivity contribution in [3.63, 3.8) is 0 Å². The zero-order valence-corrected chi connectivity index (χ0v) is 13.4. The van der Waals surface area contributed by atoms with Gasteiger partial charge in [0.25, 0.3) is 0 Å². The lowest BCUT2D eigenvalue weighted by Crippen LogP contribution is -2.18. The van der Waals surface area contributed by atoms with Gasteiger partial charge in [0.2, 0.25) is 0 Å². The Bertz CT molecular complexity index is 906. The molecule has 0 spiro atoms. The maximum atomic E-state index is 9.63. The number of nitrogens with zero attached hydrogens (tertiary/aromatic N) is 3. The number of nitriles is 1. The van der Waals surface area contributed by atoms with Gasteiger partial charge in [-0.15, -0.1) is 0 Å². The fourth-order valence-electron chi connectivity index (χ4n) is 3.25. The molecule has 3 aromatic rings. The standard InChI is InChI=1S/C20H18N4/c21-14-16(20-22-17-8-2-3-9-18(17)23-20)13-15-7-1-4-10-19(15)24-11-5-6-12-24/h1-4,7-10,13H,5-6,11-12H2,(H,22,23)/b16-13+. The van der Waals surface area contributed by atoms with Crippen molar-refractivity contribution in [3.8, 4) is 6.07 Å². The van der Waals surface area contributed by atoms with E-state index in [4.69, 9.17) is 0 Å². The van der Waals surface area contributed by atoms with E-state index in [2.05, 4.69) is 39.1 Å². The third-order valence-electron chi connectivity index (χ3n) is 4.45. The average Bonchev–Trinajstić information content (AvgIpc) is 3.29. The van der Waals surface area contributed by atoms with Gasteiger partial charge in [-0.25, -0.2) is 4.98 Å². The minimum atomic E-state index is 0.554. The molecule has 0 unspecified atom stereocenters. The van der Waals surface area contributed by atoms with Crippen LogP contribution in [0.2, 0.25) is 0 Å². The molecule has 118 valence electrons. The van der Waals surface area contributed by atoms with Crippen LogP contribution in [0.3, 0.4) is 0 Å². The van der Waals surface area contributed by atoms with Gasteiger partial charge in [-0.1, -0.05) is 30.3 Å². The molecule has 0 atom stereocenters. The molecule has 2 aromatic carbocycles. The van der Waals surface area contributed by atoms with Crippen LogP contribution in [0.15, 0.2) is 48.5 Å². The molecule has 4 rings (SSSR count).